The molecule has 0 aliphatic heterocycles. The quantitative estimate of drug-likeness (QED) is 0.783. The van der Waals surface area contributed by atoms with Crippen molar-refractivity contribution in [2.75, 3.05) is 13.1 Å². The van der Waals surface area contributed by atoms with E-state index in [-0.39, 0.29) is 19.0 Å². The molecule has 0 radical (unpaired) electrons. The summed E-state index contributed by atoms with van der Waals surface area (Å²) in [5, 5.41) is 11.4. The van der Waals surface area contributed by atoms with E-state index in [1.165, 1.54) is 0 Å². The van der Waals surface area contributed by atoms with E-state index < -0.39 is 5.97 Å². The van der Waals surface area contributed by atoms with Gasteiger partial charge in [-0.15, -0.1) is 0 Å². The fraction of sp³-hybridized carbons (Fsp3) is 0.263. The number of carbonyl (C=O) groups is 2. The number of nitrogens with one attached hydrogen (secondary N) is 1. The monoisotopic (exact) mass is 326 g/mol. The highest BCUT2D eigenvalue weighted by molar-refractivity contribution is 5.75. The van der Waals surface area contributed by atoms with Crippen LogP contribution in [0.4, 0.5) is 4.79 Å². The summed E-state index contributed by atoms with van der Waals surface area (Å²) in [5.74, 6) is -0.922. The Hall–Kier alpha value is -2.82. The van der Waals surface area contributed by atoms with Crippen molar-refractivity contribution in [3.63, 3.8) is 0 Å². The van der Waals surface area contributed by atoms with Crippen LogP contribution in [0, 0.1) is 0 Å². The predicted molar refractivity (Wildman–Crippen MR) is 92.6 cm³/mol. The van der Waals surface area contributed by atoms with Crippen molar-refractivity contribution in [2.45, 2.75) is 19.4 Å². The average molecular weight is 326 g/mol. The Bertz CT molecular complexity index is 644. The molecule has 126 valence electrons. The molecule has 0 heterocycles. The zero-order chi connectivity index (χ0) is 17.2. The maximum absolute atomic E-state index is 12.4. The van der Waals surface area contributed by atoms with Crippen molar-refractivity contribution in [3.05, 3.63) is 71.8 Å². The Morgan fingerprint density at radius 2 is 1.50 bits per heavy atom. The molecule has 0 saturated carbocycles. The molecule has 2 rings (SSSR count). The second-order valence-electron chi connectivity index (χ2n) is 5.52. The van der Waals surface area contributed by atoms with E-state index in [0.717, 1.165) is 17.5 Å². The Morgan fingerprint density at radius 1 is 0.917 bits per heavy atom. The summed E-state index contributed by atoms with van der Waals surface area (Å²) in [5.41, 5.74) is 2.20. The van der Waals surface area contributed by atoms with Gasteiger partial charge in [0.25, 0.3) is 0 Å². The second kappa shape index (κ2) is 9.35. The minimum Gasteiger partial charge on any atom is -0.481 e. The topological polar surface area (TPSA) is 69.6 Å². The molecule has 0 atom stereocenters. The highest BCUT2D eigenvalue weighted by Gasteiger charge is 2.14. The highest BCUT2D eigenvalue weighted by atomic mass is 16.4. The van der Waals surface area contributed by atoms with Gasteiger partial charge in [-0.05, 0) is 17.5 Å². The third-order valence-corrected chi connectivity index (χ3v) is 3.63. The Morgan fingerprint density at radius 3 is 2.08 bits per heavy atom. The number of hydrogen-bond donors (Lipinski definition) is 2. The largest absolute Gasteiger partial charge is 0.481 e. The molecule has 0 aliphatic carbocycles. The number of benzene rings is 2. The van der Waals surface area contributed by atoms with E-state index >= 15 is 0 Å². The lowest BCUT2D eigenvalue weighted by Gasteiger charge is -2.23. The van der Waals surface area contributed by atoms with Gasteiger partial charge in [0, 0.05) is 19.6 Å². The standard InChI is InChI=1S/C19H22N2O3/c22-18(23)11-13-20-19(24)21(15-17-9-5-2-6-10-17)14-12-16-7-3-1-4-8-16/h1-10H,11-15H2,(H,20,24)(H,22,23). The van der Waals surface area contributed by atoms with Gasteiger partial charge in [0.1, 0.15) is 0 Å². The number of carbonyl (C=O) groups excluding carboxylic acids is 1. The number of rotatable bonds is 8. The molecule has 2 aromatic rings. The van der Waals surface area contributed by atoms with Crippen LogP contribution in [0.5, 0.6) is 0 Å². The molecule has 0 aliphatic rings. The molecule has 0 unspecified atom stereocenters. The van der Waals surface area contributed by atoms with E-state index in [1.54, 1.807) is 4.90 Å². The van der Waals surface area contributed by atoms with Gasteiger partial charge in [-0.25, -0.2) is 4.79 Å². The molecule has 0 bridgehead atoms. The average Bonchev–Trinajstić information content (AvgIpc) is 2.60. The Labute approximate surface area is 141 Å². The smallest absolute Gasteiger partial charge is 0.317 e. The van der Waals surface area contributed by atoms with Gasteiger partial charge in [-0.2, -0.15) is 0 Å². The van der Waals surface area contributed by atoms with Crippen LogP contribution in [0.15, 0.2) is 60.7 Å². The number of aliphatic carboxylic acids is 1. The molecule has 0 spiro atoms. The summed E-state index contributed by atoms with van der Waals surface area (Å²) in [6.45, 7) is 1.19. The van der Waals surface area contributed by atoms with Crippen LogP contribution in [0.1, 0.15) is 17.5 Å². The number of urea groups is 1. The lowest BCUT2D eigenvalue weighted by molar-refractivity contribution is -0.136. The van der Waals surface area contributed by atoms with Crippen LogP contribution in [-0.2, 0) is 17.8 Å². The van der Waals surface area contributed by atoms with Gasteiger partial charge in [-0.1, -0.05) is 60.7 Å². The molecule has 24 heavy (non-hydrogen) atoms. The van der Waals surface area contributed by atoms with Crippen LogP contribution >= 0.6 is 0 Å². The number of carboxylic acid groups (broad SMARTS) is 1. The number of hydrogen-bond acceptors (Lipinski definition) is 2. The van der Waals surface area contributed by atoms with Gasteiger partial charge >= 0.3 is 12.0 Å². The number of amides is 2. The van der Waals surface area contributed by atoms with Gasteiger partial charge in [0.2, 0.25) is 0 Å². The van der Waals surface area contributed by atoms with E-state index in [0.29, 0.717) is 13.1 Å². The lowest BCUT2D eigenvalue weighted by Crippen LogP contribution is -2.41. The minimum absolute atomic E-state index is 0.0798. The molecule has 0 aromatic heterocycles. The van der Waals surface area contributed by atoms with Gasteiger partial charge < -0.3 is 15.3 Å². The summed E-state index contributed by atoms with van der Waals surface area (Å²) in [6.07, 6.45) is 0.670. The van der Waals surface area contributed by atoms with Crippen molar-refractivity contribution in [2.24, 2.45) is 0 Å². The van der Waals surface area contributed by atoms with Crippen LogP contribution in [-0.4, -0.2) is 35.1 Å². The number of carboxylic acids is 1. The number of nitrogens with zero attached hydrogens (tertiary/aromatic N) is 1. The summed E-state index contributed by atoms with van der Waals surface area (Å²) < 4.78 is 0. The van der Waals surface area contributed by atoms with E-state index in [1.807, 2.05) is 60.7 Å². The summed E-state index contributed by atoms with van der Waals surface area (Å²) >= 11 is 0. The molecule has 0 fully saturated rings. The highest BCUT2D eigenvalue weighted by Crippen LogP contribution is 2.07. The lowest BCUT2D eigenvalue weighted by atomic mass is 10.1. The summed E-state index contributed by atoms with van der Waals surface area (Å²) in [7, 11) is 0. The first kappa shape index (κ1) is 17.5. The van der Waals surface area contributed by atoms with E-state index in [4.69, 9.17) is 5.11 Å². The maximum Gasteiger partial charge on any atom is 0.317 e. The van der Waals surface area contributed by atoms with Crippen molar-refractivity contribution in [1.29, 1.82) is 0 Å². The SMILES string of the molecule is O=C(O)CCNC(=O)N(CCc1ccccc1)Cc1ccccc1. The maximum atomic E-state index is 12.4. The first-order valence-electron chi connectivity index (χ1n) is 7.97. The fourth-order valence-corrected chi connectivity index (χ4v) is 2.35. The summed E-state index contributed by atoms with van der Waals surface area (Å²) in [6, 6.07) is 19.5. The van der Waals surface area contributed by atoms with Gasteiger partial charge in [-0.3, -0.25) is 4.79 Å². The Balaban J connectivity index is 1.97. The first-order valence-corrected chi connectivity index (χ1v) is 7.97. The van der Waals surface area contributed by atoms with Crippen molar-refractivity contribution >= 4 is 12.0 Å². The molecule has 2 aromatic carbocycles. The van der Waals surface area contributed by atoms with E-state index in [2.05, 4.69) is 5.32 Å². The summed E-state index contributed by atoms with van der Waals surface area (Å²) in [4.78, 5) is 24.7. The third kappa shape index (κ3) is 6.12. The molecule has 5 heteroatoms. The molecule has 2 N–H and O–H groups in total. The zero-order valence-corrected chi connectivity index (χ0v) is 13.5. The molecular weight excluding hydrogens is 304 g/mol. The predicted octanol–water partition coefficient (Wildman–Crippen LogP) is 2.92. The van der Waals surface area contributed by atoms with Gasteiger partial charge in [0.05, 0.1) is 6.42 Å². The Kier molecular flexibility index (Phi) is 6.83. The zero-order valence-electron chi connectivity index (χ0n) is 13.5. The third-order valence-electron chi connectivity index (χ3n) is 3.63. The molecule has 5 nitrogen and oxygen atoms in total. The van der Waals surface area contributed by atoms with Crippen molar-refractivity contribution < 1.29 is 14.7 Å². The van der Waals surface area contributed by atoms with Crippen LogP contribution in [0.2, 0.25) is 0 Å². The normalized spacial score (nSPS) is 10.2. The fourth-order valence-electron chi connectivity index (χ4n) is 2.35. The van der Waals surface area contributed by atoms with Gasteiger partial charge in [0.15, 0.2) is 0 Å². The molecule has 2 amide bonds. The molecular formula is C19H22N2O3. The first-order chi connectivity index (χ1) is 11.6. The van der Waals surface area contributed by atoms with Crippen molar-refractivity contribution in [1.82, 2.24) is 10.2 Å². The second-order valence-corrected chi connectivity index (χ2v) is 5.52. The van der Waals surface area contributed by atoms with Crippen LogP contribution in [0.3, 0.4) is 0 Å². The van der Waals surface area contributed by atoms with Crippen LogP contribution in [0.25, 0.3) is 0 Å². The van der Waals surface area contributed by atoms with Crippen LogP contribution < -0.4 is 5.32 Å². The molecule has 0 saturated heterocycles. The van der Waals surface area contributed by atoms with E-state index in [9.17, 15) is 9.59 Å². The minimum atomic E-state index is -0.922. The van der Waals surface area contributed by atoms with Crippen molar-refractivity contribution in [3.8, 4) is 0 Å².